The maximum atomic E-state index is 12.0. The lowest BCUT2D eigenvalue weighted by atomic mass is 9.78. The lowest BCUT2D eigenvalue weighted by Gasteiger charge is -2.28. The molecular formula is C76H121NO12. The molecule has 502 valence electrons. The second kappa shape index (κ2) is 34.9. The number of phenols is 4. The average molecular weight is 1240 g/mol. The highest BCUT2D eigenvalue weighted by atomic mass is 16.6. The first-order chi connectivity index (χ1) is 40.6. The Hall–Kier alpha value is -6.08. The van der Waals surface area contributed by atoms with Crippen molar-refractivity contribution in [2.45, 2.75) is 275 Å². The number of carbonyl (C=O) groups excluding carboxylic acids is 4. The van der Waals surface area contributed by atoms with E-state index in [2.05, 4.69) is 170 Å². The highest BCUT2D eigenvalue weighted by Crippen LogP contribution is 2.43. The maximum Gasteiger partial charge on any atom is 0.306 e. The molecule has 0 aromatic heterocycles. The van der Waals surface area contributed by atoms with Crippen molar-refractivity contribution in [1.82, 2.24) is 5.32 Å². The first-order valence-corrected chi connectivity index (χ1v) is 32.3. The number of hydrogen-bond acceptors (Lipinski definition) is 12. The van der Waals surface area contributed by atoms with Crippen molar-refractivity contribution in [3.05, 3.63) is 115 Å². The van der Waals surface area contributed by atoms with Crippen LogP contribution in [0, 0.1) is 6.92 Å². The third-order valence-corrected chi connectivity index (χ3v) is 15.1. The number of rotatable bonds is 20. The van der Waals surface area contributed by atoms with Gasteiger partial charge in [0.25, 0.3) is 0 Å². The van der Waals surface area contributed by atoms with Crippen molar-refractivity contribution in [2.75, 3.05) is 40.1 Å². The van der Waals surface area contributed by atoms with Gasteiger partial charge in [-0.1, -0.05) is 207 Å². The summed E-state index contributed by atoms with van der Waals surface area (Å²) >= 11 is 0. The van der Waals surface area contributed by atoms with Gasteiger partial charge in [-0.15, -0.1) is 0 Å². The molecule has 13 heteroatoms. The number of ether oxygens (including phenoxy) is 4. The number of aryl methyl sites for hydroxylation is 5. The molecule has 0 aliphatic carbocycles. The minimum absolute atomic E-state index is 0.103. The summed E-state index contributed by atoms with van der Waals surface area (Å²) in [6.07, 6.45) is 6.21. The molecule has 0 radical (unpaired) electrons. The van der Waals surface area contributed by atoms with Crippen LogP contribution in [0.2, 0.25) is 0 Å². The standard InChI is InChI=1S/C21H35NO2.C19H30O3.C18H28O4.C18H28O3/c1-8-9-12-22-18(23)11-10-15-13-16(20(2,3)4)19(24)17(14-15)21(5,6)7;1-8-22-16(20)10-9-13-11-14(18(2,3)4)17(21)15(12-13)19(5,6)7;1-6-21-9-10-22-16(19)8-7-14-11-13(2)17(20)15(12-14)18(3,4)5;1-17(2,3)13-10-12(8-9-15(19)21-7)11-14(16(13)20)18(4,5)6/h13-14,24H,8-12H2,1-7H3,(H,22,23);11-12,21H,8-10H2,1-7H3;11-12,20H,6-10H2,1-5H3;10-11,20H,8-9H2,1-7H3. The Kier molecular flexibility index (Phi) is 31.8. The number of carbonyl (C=O) groups is 4. The van der Waals surface area contributed by atoms with E-state index in [1.54, 1.807) is 0 Å². The number of unbranched alkanes of at least 4 members (excludes halogenated alkanes) is 1. The van der Waals surface area contributed by atoms with E-state index in [4.69, 9.17) is 18.9 Å². The molecule has 0 unspecified atom stereocenters. The monoisotopic (exact) mass is 1240 g/mol. The van der Waals surface area contributed by atoms with Crippen molar-refractivity contribution in [3.8, 4) is 23.0 Å². The van der Waals surface area contributed by atoms with Gasteiger partial charge in [-0.3, -0.25) is 19.2 Å². The number of phenolic OH excluding ortho intramolecular Hbond substituents is 4. The van der Waals surface area contributed by atoms with Gasteiger partial charge in [0.15, 0.2) is 0 Å². The summed E-state index contributed by atoms with van der Waals surface area (Å²) in [4.78, 5) is 46.6. The molecule has 0 spiro atoms. The summed E-state index contributed by atoms with van der Waals surface area (Å²) < 4.78 is 19.9. The lowest BCUT2D eigenvalue weighted by molar-refractivity contribution is -0.145. The summed E-state index contributed by atoms with van der Waals surface area (Å²) in [5, 5.41) is 45.2. The van der Waals surface area contributed by atoms with E-state index in [9.17, 15) is 39.6 Å². The van der Waals surface area contributed by atoms with Crippen LogP contribution in [-0.2, 0) is 102 Å². The summed E-state index contributed by atoms with van der Waals surface area (Å²) in [6, 6.07) is 16.1. The van der Waals surface area contributed by atoms with Crippen molar-refractivity contribution < 1.29 is 58.6 Å². The predicted octanol–water partition coefficient (Wildman–Crippen LogP) is 16.9. The molecule has 0 fully saturated rings. The summed E-state index contributed by atoms with van der Waals surface area (Å²) in [5.74, 6) is 0.982. The Morgan fingerprint density at radius 1 is 0.393 bits per heavy atom. The Morgan fingerprint density at radius 3 is 0.978 bits per heavy atom. The van der Waals surface area contributed by atoms with Crippen molar-refractivity contribution in [3.63, 3.8) is 0 Å². The largest absolute Gasteiger partial charge is 0.507 e. The van der Waals surface area contributed by atoms with E-state index in [-0.39, 0.29) is 61.7 Å². The van der Waals surface area contributed by atoms with Crippen LogP contribution in [0.3, 0.4) is 0 Å². The van der Waals surface area contributed by atoms with Gasteiger partial charge in [-0.2, -0.15) is 0 Å². The number of methoxy groups -OCH3 is 1. The number of nitrogens with one attached hydrogen (secondary N) is 1. The normalized spacial score (nSPS) is 12.1. The minimum atomic E-state index is -0.220. The van der Waals surface area contributed by atoms with E-state index in [1.807, 2.05) is 57.2 Å². The molecule has 0 heterocycles. The molecule has 0 aliphatic rings. The lowest BCUT2D eigenvalue weighted by Crippen LogP contribution is -2.24. The highest BCUT2D eigenvalue weighted by Gasteiger charge is 2.30. The van der Waals surface area contributed by atoms with Gasteiger partial charge < -0.3 is 44.7 Å². The van der Waals surface area contributed by atoms with Gasteiger partial charge in [0.05, 0.1) is 20.3 Å². The molecule has 13 nitrogen and oxygen atoms in total. The fraction of sp³-hybridized carbons (Fsp3) is 0.632. The van der Waals surface area contributed by atoms with Crippen molar-refractivity contribution in [1.29, 1.82) is 0 Å². The highest BCUT2D eigenvalue weighted by molar-refractivity contribution is 5.76. The first kappa shape index (κ1) is 80.9. The molecule has 4 aromatic rings. The fourth-order valence-electron chi connectivity index (χ4n) is 9.77. The molecule has 4 rings (SSSR count). The molecule has 0 aliphatic heterocycles. The Balaban J connectivity index is 0.000000594. The second-order valence-corrected chi connectivity index (χ2v) is 30.7. The van der Waals surface area contributed by atoms with E-state index in [0.717, 1.165) is 86.1 Å². The van der Waals surface area contributed by atoms with Crippen LogP contribution in [-0.4, -0.2) is 84.3 Å². The third-order valence-electron chi connectivity index (χ3n) is 15.1. The Morgan fingerprint density at radius 2 is 0.685 bits per heavy atom. The maximum absolute atomic E-state index is 12.0. The zero-order valence-electron chi connectivity index (χ0n) is 60.3. The quantitative estimate of drug-likeness (QED) is 0.0319. The van der Waals surface area contributed by atoms with Gasteiger partial charge in [0, 0.05) is 38.8 Å². The van der Waals surface area contributed by atoms with Crippen LogP contribution in [0.4, 0.5) is 0 Å². The molecular weight excluding hydrogens is 1120 g/mol. The molecule has 0 saturated heterocycles. The van der Waals surface area contributed by atoms with Gasteiger partial charge in [0.1, 0.15) is 29.6 Å². The second-order valence-electron chi connectivity index (χ2n) is 30.7. The smallest absolute Gasteiger partial charge is 0.306 e. The van der Waals surface area contributed by atoms with Crippen molar-refractivity contribution >= 4 is 23.8 Å². The topological polar surface area (TPSA) is 198 Å². The SMILES string of the molecule is CCCCNC(=O)CCc1cc(C(C)(C)C)c(O)c(C(C)(C)C)c1.CCOC(=O)CCc1cc(C(C)(C)C)c(O)c(C(C)(C)C)c1.CCOCCOC(=O)CCc1cc(C)c(O)c(C(C)(C)C)c1.COC(=O)CCc1cc(C(C)(C)C)c(O)c(C(C)(C)C)c1. The zero-order chi connectivity index (χ0) is 68.8. The van der Waals surface area contributed by atoms with E-state index in [1.165, 1.54) is 7.11 Å². The fourth-order valence-corrected chi connectivity index (χ4v) is 9.77. The van der Waals surface area contributed by atoms with Gasteiger partial charge >= 0.3 is 17.9 Å². The molecule has 5 N–H and O–H groups in total. The molecule has 4 aromatic carbocycles. The molecule has 0 atom stereocenters. The van der Waals surface area contributed by atoms with Gasteiger partial charge in [0.2, 0.25) is 5.91 Å². The number of benzene rings is 4. The molecule has 0 saturated carbocycles. The number of esters is 3. The summed E-state index contributed by atoms with van der Waals surface area (Å²) in [5.41, 5.74) is 10.7. The van der Waals surface area contributed by atoms with Crippen LogP contribution in [0.1, 0.15) is 271 Å². The van der Waals surface area contributed by atoms with Gasteiger partial charge in [-0.25, -0.2) is 0 Å². The number of aromatic hydroxyl groups is 4. The number of hydrogen-bond donors (Lipinski definition) is 5. The molecule has 0 bridgehead atoms. The number of amides is 1. The van der Waals surface area contributed by atoms with Crippen molar-refractivity contribution in [2.24, 2.45) is 0 Å². The van der Waals surface area contributed by atoms with Crippen LogP contribution in [0.5, 0.6) is 23.0 Å². The summed E-state index contributed by atoms with van der Waals surface area (Å²) in [7, 11) is 1.40. The first-order valence-electron chi connectivity index (χ1n) is 32.3. The predicted molar refractivity (Wildman–Crippen MR) is 365 cm³/mol. The molecule has 1 amide bonds. The Labute approximate surface area is 538 Å². The molecule has 89 heavy (non-hydrogen) atoms. The minimum Gasteiger partial charge on any atom is -0.507 e. The zero-order valence-corrected chi connectivity index (χ0v) is 60.3. The summed E-state index contributed by atoms with van der Waals surface area (Å²) in [6.45, 7) is 54.1. The average Bonchev–Trinajstić information content (AvgIpc) is 1.12. The van der Waals surface area contributed by atoms with Gasteiger partial charge in [-0.05, 0) is 158 Å². The van der Waals surface area contributed by atoms with Crippen LogP contribution < -0.4 is 5.32 Å². The third kappa shape index (κ3) is 28.3. The van der Waals surface area contributed by atoms with E-state index >= 15 is 0 Å². The van der Waals surface area contributed by atoms with Crippen LogP contribution in [0.25, 0.3) is 0 Å². The van der Waals surface area contributed by atoms with E-state index in [0.29, 0.717) is 101 Å². The van der Waals surface area contributed by atoms with E-state index < -0.39 is 0 Å². The van der Waals surface area contributed by atoms with Crippen LogP contribution in [0.15, 0.2) is 48.5 Å². The Bertz CT molecular complexity index is 2790. The van der Waals surface area contributed by atoms with Crippen LogP contribution >= 0.6 is 0 Å².